The highest BCUT2D eigenvalue weighted by atomic mass is 16.2. The molecule has 3 aliphatic rings. The molecule has 2 atom stereocenters. The number of nitrogens with zero attached hydrogens (tertiary/aromatic N) is 3. The van der Waals surface area contributed by atoms with Crippen molar-refractivity contribution in [2.75, 3.05) is 33.2 Å². The van der Waals surface area contributed by atoms with Gasteiger partial charge in [-0.15, -0.1) is 0 Å². The van der Waals surface area contributed by atoms with Crippen LogP contribution in [0.5, 0.6) is 0 Å². The number of aromatic nitrogens is 2. The summed E-state index contributed by atoms with van der Waals surface area (Å²) in [6, 6.07) is 10.7. The largest absolute Gasteiger partial charge is 0.383 e. The number of aromatic amines is 1. The van der Waals surface area contributed by atoms with Crippen LogP contribution in [0.4, 0.5) is 0 Å². The third-order valence-electron chi connectivity index (χ3n) is 7.08. The van der Waals surface area contributed by atoms with Gasteiger partial charge in [0.1, 0.15) is 0 Å². The number of carbonyl (C=O) groups excluding carboxylic acids is 1. The van der Waals surface area contributed by atoms with E-state index in [4.69, 9.17) is 0 Å². The number of benzene rings is 1. The van der Waals surface area contributed by atoms with Crippen LogP contribution in [0.1, 0.15) is 30.5 Å². The molecule has 0 spiro atoms. The average molecular weight is 418 g/mol. The fourth-order valence-electron chi connectivity index (χ4n) is 5.39. The first kappa shape index (κ1) is 20.1. The van der Waals surface area contributed by atoms with Crippen molar-refractivity contribution in [1.82, 2.24) is 25.1 Å². The molecule has 6 heteroatoms. The predicted molar refractivity (Wildman–Crippen MR) is 121 cm³/mol. The molecule has 0 saturated carbocycles. The molecule has 3 heterocycles. The van der Waals surface area contributed by atoms with Crippen LogP contribution in [0.3, 0.4) is 0 Å². The Balaban J connectivity index is 1.44. The van der Waals surface area contributed by atoms with E-state index < -0.39 is 0 Å². The van der Waals surface area contributed by atoms with Gasteiger partial charge in [0, 0.05) is 49.1 Å². The maximum Gasteiger partial charge on any atom is 0.240 e. The van der Waals surface area contributed by atoms with Gasteiger partial charge < -0.3 is 15.2 Å². The van der Waals surface area contributed by atoms with E-state index in [0.717, 1.165) is 51.0 Å². The van der Waals surface area contributed by atoms with Crippen molar-refractivity contribution in [2.45, 2.75) is 37.1 Å². The summed E-state index contributed by atoms with van der Waals surface area (Å²) >= 11 is 0. The standard InChI is InChI=1S/C25H31N5O/c1-29-12-5-8-23(29)24(31)30-13-11-27-22-9-10-25(14-19(22)17-30,15-21-16-26-18-28-21)20-6-3-2-4-7-20/h2-4,6-7,9-10,16,18,23,27H,5,8,11-15,17H2,1H3,(H,26,28)/t23?,25-/m0/s1. The van der Waals surface area contributed by atoms with Gasteiger partial charge in [-0.05, 0) is 50.1 Å². The van der Waals surface area contributed by atoms with Crippen LogP contribution >= 0.6 is 0 Å². The van der Waals surface area contributed by atoms with Gasteiger partial charge in [0.2, 0.25) is 5.91 Å². The van der Waals surface area contributed by atoms with E-state index in [-0.39, 0.29) is 17.4 Å². The lowest BCUT2D eigenvalue weighted by Gasteiger charge is -2.36. The molecule has 0 radical (unpaired) electrons. The number of allylic oxidation sites excluding steroid dienone is 2. The summed E-state index contributed by atoms with van der Waals surface area (Å²) in [4.78, 5) is 25.1. The number of carbonyl (C=O) groups is 1. The van der Waals surface area contributed by atoms with Gasteiger partial charge in [-0.1, -0.05) is 36.4 Å². The number of imidazole rings is 1. The molecule has 1 saturated heterocycles. The monoisotopic (exact) mass is 417 g/mol. The minimum atomic E-state index is -0.155. The fourth-order valence-corrected chi connectivity index (χ4v) is 5.39. The zero-order chi connectivity index (χ0) is 21.3. The Bertz CT molecular complexity index is 981. The average Bonchev–Trinajstić information content (AvgIpc) is 3.41. The van der Waals surface area contributed by atoms with E-state index in [1.54, 1.807) is 6.33 Å². The Morgan fingerprint density at radius 2 is 2.13 bits per heavy atom. The molecule has 1 aromatic heterocycles. The van der Waals surface area contributed by atoms with Crippen LogP contribution in [0.2, 0.25) is 0 Å². The van der Waals surface area contributed by atoms with Crippen LogP contribution in [0, 0.1) is 0 Å². The quantitative estimate of drug-likeness (QED) is 0.803. The number of hydrogen-bond acceptors (Lipinski definition) is 4. The lowest BCUT2D eigenvalue weighted by molar-refractivity contribution is -0.135. The molecule has 2 N–H and O–H groups in total. The highest BCUT2D eigenvalue weighted by Gasteiger charge is 2.38. The first-order valence-corrected chi connectivity index (χ1v) is 11.3. The minimum absolute atomic E-state index is 0.0326. The van der Waals surface area contributed by atoms with Gasteiger partial charge in [0.25, 0.3) is 0 Å². The van der Waals surface area contributed by atoms with E-state index in [1.807, 2.05) is 6.20 Å². The number of hydrogen-bond donors (Lipinski definition) is 2. The zero-order valence-corrected chi connectivity index (χ0v) is 18.2. The second-order valence-corrected chi connectivity index (χ2v) is 9.13. The van der Waals surface area contributed by atoms with E-state index in [0.29, 0.717) is 6.54 Å². The summed E-state index contributed by atoms with van der Waals surface area (Å²) in [5.74, 6) is 0.281. The number of H-pyrrole nitrogens is 1. The van der Waals surface area contributed by atoms with Gasteiger partial charge in [-0.2, -0.15) is 0 Å². The third kappa shape index (κ3) is 3.92. The number of nitrogens with one attached hydrogen (secondary N) is 2. The van der Waals surface area contributed by atoms with Gasteiger partial charge in [-0.25, -0.2) is 4.98 Å². The molecule has 2 aliphatic heterocycles. The van der Waals surface area contributed by atoms with Crippen LogP contribution < -0.4 is 5.32 Å². The second-order valence-electron chi connectivity index (χ2n) is 9.13. The first-order chi connectivity index (χ1) is 15.1. The Morgan fingerprint density at radius 1 is 1.26 bits per heavy atom. The zero-order valence-electron chi connectivity index (χ0n) is 18.2. The summed E-state index contributed by atoms with van der Waals surface area (Å²) < 4.78 is 0. The minimum Gasteiger partial charge on any atom is -0.383 e. The summed E-state index contributed by atoms with van der Waals surface area (Å²) in [6.45, 7) is 3.26. The van der Waals surface area contributed by atoms with Crippen LogP contribution in [0.15, 0.2) is 66.3 Å². The van der Waals surface area contributed by atoms with Crippen molar-refractivity contribution < 1.29 is 4.79 Å². The molecule has 1 fully saturated rings. The topological polar surface area (TPSA) is 64.3 Å². The Labute approximate surface area is 184 Å². The summed E-state index contributed by atoms with van der Waals surface area (Å²) in [5, 5.41) is 3.58. The van der Waals surface area contributed by atoms with Crippen molar-refractivity contribution in [3.8, 4) is 0 Å². The Kier molecular flexibility index (Phi) is 5.40. The van der Waals surface area contributed by atoms with Crippen LogP contribution in [0.25, 0.3) is 0 Å². The molecule has 1 unspecified atom stereocenters. The Hall–Kier alpha value is -2.86. The fraction of sp³-hybridized carbons (Fsp3) is 0.440. The summed E-state index contributed by atoms with van der Waals surface area (Å²) in [6.07, 6.45) is 12.1. The van der Waals surface area contributed by atoms with Gasteiger partial charge in [-0.3, -0.25) is 9.69 Å². The van der Waals surface area contributed by atoms with Crippen molar-refractivity contribution in [2.24, 2.45) is 0 Å². The summed E-state index contributed by atoms with van der Waals surface area (Å²) in [7, 11) is 2.07. The molecule has 0 bridgehead atoms. The van der Waals surface area contributed by atoms with E-state index in [2.05, 4.69) is 74.6 Å². The highest BCUT2D eigenvalue weighted by Crippen LogP contribution is 2.40. The molecular weight excluding hydrogens is 386 g/mol. The third-order valence-corrected chi connectivity index (χ3v) is 7.08. The Morgan fingerprint density at radius 3 is 2.87 bits per heavy atom. The SMILES string of the molecule is CN1CCCC1C(=O)N1CCNC2=C(C1)C[C@@](Cc1cnc[nH]1)(c1ccccc1)C=C2. The van der Waals surface area contributed by atoms with Crippen LogP contribution in [-0.2, 0) is 16.6 Å². The number of rotatable bonds is 4. The second kappa shape index (κ2) is 8.35. The van der Waals surface area contributed by atoms with Gasteiger partial charge >= 0.3 is 0 Å². The molecule has 6 nitrogen and oxygen atoms in total. The van der Waals surface area contributed by atoms with Crippen LogP contribution in [-0.4, -0.2) is 64.9 Å². The lowest BCUT2D eigenvalue weighted by atomic mass is 9.69. The predicted octanol–water partition coefficient (Wildman–Crippen LogP) is 2.63. The molecule has 2 aromatic rings. The molecule has 1 aliphatic carbocycles. The van der Waals surface area contributed by atoms with Crippen molar-refractivity contribution in [1.29, 1.82) is 0 Å². The van der Waals surface area contributed by atoms with E-state index in [9.17, 15) is 4.79 Å². The maximum atomic E-state index is 13.3. The molecule has 31 heavy (non-hydrogen) atoms. The molecule has 162 valence electrons. The van der Waals surface area contributed by atoms with Gasteiger partial charge in [0.05, 0.1) is 12.4 Å². The van der Waals surface area contributed by atoms with E-state index in [1.165, 1.54) is 16.8 Å². The maximum absolute atomic E-state index is 13.3. The van der Waals surface area contributed by atoms with E-state index >= 15 is 0 Å². The van der Waals surface area contributed by atoms with Crippen molar-refractivity contribution in [3.63, 3.8) is 0 Å². The molecule has 5 rings (SSSR count). The number of amides is 1. The number of likely N-dealkylation sites (N-methyl/N-ethyl adjacent to an activating group) is 1. The lowest BCUT2D eigenvalue weighted by Crippen LogP contribution is -2.46. The molecule has 1 aromatic carbocycles. The van der Waals surface area contributed by atoms with Gasteiger partial charge in [0.15, 0.2) is 0 Å². The smallest absolute Gasteiger partial charge is 0.240 e. The van der Waals surface area contributed by atoms with Crippen molar-refractivity contribution in [3.05, 3.63) is 77.5 Å². The first-order valence-electron chi connectivity index (χ1n) is 11.3. The highest BCUT2D eigenvalue weighted by molar-refractivity contribution is 5.82. The number of likely N-dealkylation sites (tertiary alicyclic amines) is 1. The van der Waals surface area contributed by atoms with Crippen molar-refractivity contribution >= 4 is 5.91 Å². The summed E-state index contributed by atoms with van der Waals surface area (Å²) in [5.41, 5.74) is 4.77. The normalized spacial score (nSPS) is 26.5. The molecular formula is C25H31N5O. The molecule has 1 amide bonds.